The fraction of sp³-hybridized carbons (Fsp3) is 0.765. The molecule has 1 aliphatic carbocycles. The van der Waals surface area contributed by atoms with Gasteiger partial charge in [0.1, 0.15) is 0 Å². The summed E-state index contributed by atoms with van der Waals surface area (Å²) >= 11 is 0. The number of amides is 1. The highest BCUT2D eigenvalue weighted by Gasteiger charge is 2.38. The second-order valence-corrected chi connectivity index (χ2v) is 6.93. The largest absolute Gasteiger partial charge is 0.381 e. The fourth-order valence-electron chi connectivity index (χ4n) is 4.03. The number of hydrogen-bond donors (Lipinski definition) is 1. The van der Waals surface area contributed by atoms with Gasteiger partial charge in [0.05, 0.1) is 18.2 Å². The predicted molar refractivity (Wildman–Crippen MR) is 88.1 cm³/mol. The van der Waals surface area contributed by atoms with Gasteiger partial charge in [-0.25, -0.2) is 0 Å². The summed E-state index contributed by atoms with van der Waals surface area (Å²) in [5, 5.41) is 7.64. The van der Waals surface area contributed by atoms with E-state index >= 15 is 0 Å². The standard InChI is InChI=1S/C17H28N4O2/c1-20-11-12(8-19-20)15-9-18-10-16(15)17(22)21(2)13-4-6-14(23-3)7-5-13/h8,11,13-16,18H,4-7,9-10H2,1-3H3/t13?,14?,15-,16+/m1/s1. The summed E-state index contributed by atoms with van der Waals surface area (Å²) in [5.74, 6) is 0.517. The van der Waals surface area contributed by atoms with Gasteiger partial charge in [0, 0.05) is 52.5 Å². The third-order valence-electron chi connectivity index (χ3n) is 5.56. The van der Waals surface area contributed by atoms with Crippen molar-refractivity contribution in [2.24, 2.45) is 13.0 Å². The van der Waals surface area contributed by atoms with Gasteiger partial charge in [-0.1, -0.05) is 0 Å². The summed E-state index contributed by atoms with van der Waals surface area (Å²) in [6, 6.07) is 0.351. The molecule has 1 saturated heterocycles. The number of ether oxygens (including phenoxy) is 1. The molecular formula is C17H28N4O2. The Bertz CT molecular complexity index is 536. The lowest BCUT2D eigenvalue weighted by atomic mass is 9.87. The van der Waals surface area contributed by atoms with Crippen molar-refractivity contribution in [3.8, 4) is 0 Å². The maximum absolute atomic E-state index is 13.0. The summed E-state index contributed by atoms with van der Waals surface area (Å²) in [6.07, 6.45) is 8.47. The van der Waals surface area contributed by atoms with E-state index in [4.69, 9.17) is 4.74 Å². The van der Waals surface area contributed by atoms with E-state index in [1.165, 1.54) is 0 Å². The average molecular weight is 320 g/mol. The highest BCUT2D eigenvalue weighted by atomic mass is 16.5. The molecule has 1 N–H and O–H groups in total. The average Bonchev–Trinajstić information content (AvgIpc) is 3.22. The second kappa shape index (κ2) is 7.01. The summed E-state index contributed by atoms with van der Waals surface area (Å²) in [6.45, 7) is 1.61. The molecule has 2 fully saturated rings. The smallest absolute Gasteiger partial charge is 0.227 e. The molecule has 23 heavy (non-hydrogen) atoms. The van der Waals surface area contributed by atoms with Crippen molar-refractivity contribution in [2.75, 3.05) is 27.2 Å². The van der Waals surface area contributed by atoms with Gasteiger partial charge in [-0.3, -0.25) is 9.48 Å². The third-order valence-corrected chi connectivity index (χ3v) is 5.56. The Morgan fingerprint density at radius 3 is 2.70 bits per heavy atom. The van der Waals surface area contributed by atoms with Crippen molar-refractivity contribution in [1.29, 1.82) is 0 Å². The molecular weight excluding hydrogens is 292 g/mol. The Kier molecular flexibility index (Phi) is 5.02. The number of carbonyl (C=O) groups is 1. The van der Waals surface area contributed by atoms with Crippen LogP contribution in [-0.2, 0) is 16.6 Å². The lowest BCUT2D eigenvalue weighted by Crippen LogP contribution is -2.44. The molecule has 3 rings (SSSR count). The number of rotatable bonds is 4. The van der Waals surface area contributed by atoms with Crippen LogP contribution in [0.2, 0.25) is 0 Å². The van der Waals surface area contributed by atoms with Crippen molar-refractivity contribution < 1.29 is 9.53 Å². The lowest BCUT2D eigenvalue weighted by molar-refractivity contribution is -0.137. The van der Waals surface area contributed by atoms with Gasteiger partial charge in [-0.05, 0) is 31.2 Å². The first-order valence-corrected chi connectivity index (χ1v) is 8.59. The van der Waals surface area contributed by atoms with Gasteiger partial charge in [0.2, 0.25) is 5.91 Å². The van der Waals surface area contributed by atoms with Crippen molar-refractivity contribution in [3.05, 3.63) is 18.0 Å². The summed E-state index contributed by atoms with van der Waals surface area (Å²) in [7, 11) is 5.67. The van der Waals surface area contributed by atoms with Crippen molar-refractivity contribution in [2.45, 2.75) is 43.7 Å². The summed E-state index contributed by atoms with van der Waals surface area (Å²) in [5.41, 5.74) is 1.16. The molecule has 1 saturated carbocycles. The van der Waals surface area contributed by atoms with Crippen LogP contribution in [0.15, 0.2) is 12.4 Å². The minimum absolute atomic E-state index is 0.0179. The first-order valence-electron chi connectivity index (χ1n) is 8.59. The molecule has 6 nitrogen and oxygen atoms in total. The molecule has 2 atom stereocenters. The number of nitrogens with one attached hydrogen (secondary N) is 1. The number of aryl methyl sites for hydroxylation is 1. The molecule has 2 aliphatic rings. The van der Waals surface area contributed by atoms with Gasteiger partial charge < -0.3 is 15.0 Å². The van der Waals surface area contributed by atoms with Gasteiger partial charge in [0.25, 0.3) is 0 Å². The maximum Gasteiger partial charge on any atom is 0.227 e. The number of carbonyl (C=O) groups excluding carboxylic acids is 1. The molecule has 0 bridgehead atoms. The van der Waals surface area contributed by atoms with E-state index in [9.17, 15) is 4.79 Å². The highest BCUT2D eigenvalue weighted by molar-refractivity contribution is 5.80. The zero-order valence-electron chi connectivity index (χ0n) is 14.4. The van der Waals surface area contributed by atoms with Gasteiger partial charge in [-0.15, -0.1) is 0 Å². The molecule has 1 aromatic heterocycles. The van der Waals surface area contributed by atoms with E-state index < -0.39 is 0 Å². The number of methoxy groups -OCH3 is 1. The number of nitrogens with zero attached hydrogens (tertiary/aromatic N) is 3. The van der Waals surface area contributed by atoms with Crippen molar-refractivity contribution in [1.82, 2.24) is 20.0 Å². The second-order valence-electron chi connectivity index (χ2n) is 6.93. The molecule has 0 aromatic carbocycles. The van der Waals surface area contributed by atoms with Crippen LogP contribution in [-0.4, -0.2) is 60.0 Å². The molecule has 0 radical (unpaired) electrons. The van der Waals surface area contributed by atoms with Crippen LogP contribution >= 0.6 is 0 Å². The molecule has 1 aromatic rings. The fourth-order valence-corrected chi connectivity index (χ4v) is 4.03. The predicted octanol–water partition coefficient (Wildman–Crippen LogP) is 1.14. The summed E-state index contributed by atoms with van der Waals surface area (Å²) in [4.78, 5) is 15.0. The van der Waals surface area contributed by atoms with Crippen molar-refractivity contribution in [3.63, 3.8) is 0 Å². The zero-order chi connectivity index (χ0) is 16.4. The van der Waals surface area contributed by atoms with E-state index in [1.807, 2.05) is 36.1 Å². The van der Waals surface area contributed by atoms with E-state index in [0.717, 1.165) is 44.3 Å². The van der Waals surface area contributed by atoms with Crippen LogP contribution in [0.3, 0.4) is 0 Å². The highest BCUT2D eigenvalue weighted by Crippen LogP contribution is 2.31. The maximum atomic E-state index is 13.0. The molecule has 128 valence electrons. The minimum Gasteiger partial charge on any atom is -0.381 e. The Hall–Kier alpha value is -1.40. The normalized spacial score (nSPS) is 31.3. The van der Waals surface area contributed by atoms with Crippen molar-refractivity contribution >= 4 is 5.91 Å². The quantitative estimate of drug-likeness (QED) is 0.904. The zero-order valence-corrected chi connectivity index (χ0v) is 14.4. The van der Waals surface area contributed by atoms with Gasteiger partial charge in [0.15, 0.2) is 0 Å². The molecule has 0 unspecified atom stereocenters. The monoisotopic (exact) mass is 320 g/mol. The SMILES string of the molecule is COC1CCC(N(C)C(=O)[C@H]2CNC[C@@H]2c2cnn(C)c2)CC1. The first kappa shape index (κ1) is 16.5. The topological polar surface area (TPSA) is 59.4 Å². The van der Waals surface area contributed by atoms with Gasteiger partial charge in [-0.2, -0.15) is 5.10 Å². The van der Waals surface area contributed by atoms with E-state index in [1.54, 1.807) is 7.11 Å². The minimum atomic E-state index is 0.0179. The first-order chi connectivity index (χ1) is 11.1. The van der Waals surface area contributed by atoms with Crippen LogP contribution in [0.25, 0.3) is 0 Å². The van der Waals surface area contributed by atoms with E-state index in [-0.39, 0.29) is 17.7 Å². The Labute approximate surface area is 138 Å². The molecule has 0 spiro atoms. The van der Waals surface area contributed by atoms with Crippen LogP contribution in [0.4, 0.5) is 0 Å². The molecule has 1 aliphatic heterocycles. The molecule has 1 amide bonds. The van der Waals surface area contributed by atoms with E-state index in [2.05, 4.69) is 10.4 Å². The van der Waals surface area contributed by atoms with Gasteiger partial charge >= 0.3 is 0 Å². The van der Waals surface area contributed by atoms with Crippen LogP contribution < -0.4 is 5.32 Å². The Morgan fingerprint density at radius 1 is 1.35 bits per heavy atom. The van der Waals surface area contributed by atoms with Crippen LogP contribution in [0.5, 0.6) is 0 Å². The molecule has 6 heteroatoms. The van der Waals surface area contributed by atoms with Crippen LogP contribution in [0, 0.1) is 5.92 Å². The third kappa shape index (κ3) is 3.43. The number of hydrogen-bond acceptors (Lipinski definition) is 4. The summed E-state index contributed by atoms with van der Waals surface area (Å²) < 4.78 is 7.24. The Balaban J connectivity index is 1.64. The molecule has 2 heterocycles. The Morgan fingerprint density at radius 2 is 2.09 bits per heavy atom. The number of aromatic nitrogens is 2. The lowest BCUT2D eigenvalue weighted by Gasteiger charge is -2.36. The van der Waals surface area contributed by atoms with Crippen LogP contribution in [0.1, 0.15) is 37.2 Å². The van der Waals surface area contributed by atoms with E-state index in [0.29, 0.717) is 12.1 Å².